The molecule has 0 amide bonds. The van der Waals surface area contributed by atoms with Gasteiger partial charge in [0.2, 0.25) is 0 Å². The molecular weight excluding hydrogens is 336 g/mol. The Kier molecular flexibility index (Phi) is 6.73. The molecule has 1 heterocycles. The van der Waals surface area contributed by atoms with Crippen molar-refractivity contribution in [1.29, 1.82) is 0 Å². The summed E-state index contributed by atoms with van der Waals surface area (Å²) in [6.45, 7) is 0.0652. The Morgan fingerprint density at radius 2 is 1.31 bits per heavy atom. The van der Waals surface area contributed by atoms with Gasteiger partial charge in [-0.05, 0) is 11.1 Å². The molecule has 0 aromatic heterocycles. The lowest BCUT2D eigenvalue weighted by Crippen LogP contribution is -2.60. The maximum Gasteiger partial charge on any atom is 0.187 e. The van der Waals surface area contributed by atoms with Gasteiger partial charge in [0.05, 0.1) is 19.8 Å². The van der Waals surface area contributed by atoms with Crippen molar-refractivity contribution in [2.75, 3.05) is 6.61 Å². The monoisotopic (exact) mass is 360 g/mol. The number of benzene rings is 2. The van der Waals surface area contributed by atoms with E-state index < -0.39 is 37.3 Å². The number of ether oxygens (including phenoxy) is 3. The van der Waals surface area contributed by atoms with Crippen LogP contribution in [-0.2, 0) is 27.4 Å². The first-order valence-electron chi connectivity index (χ1n) is 8.62. The van der Waals surface area contributed by atoms with Crippen molar-refractivity contribution < 1.29 is 29.5 Å². The van der Waals surface area contributed by atoms with Gasteiger partial charge in [-0.15, -0.1) is 0 Å². The lowest BCUT2D eigenvalue weighted by atomic mass is 9.99. The van der Waals surface area contributed by atoms with Gasteiger partial charge < -0.3 is 29.5 Å². The maximum absolute atomic E-state index is 10.6. The highest BCUT2D eigenvalue weighted by molar-refractivity contribution is 5.14. The van der Waals surface area contributed by atoms with E-state index in [0.29, 0.717) is 0 Å². The second-order valence-electron chi connectivity index (χ2n) is 6.26. The molecule has 1 saturated heterocycles. The Morgan fingerprint density at radius 3 is 1.85 bits per heavy atom. The molecule has 0 saturated carbocycles. The summed E-state index contributed by atoms with van der Waals surface area (Å²) in [5, 5.41) is 30.4. The topological polar surface area (TPSA) is 88.4 Å². The fourth-order valence-corrected chi connectivity index (χ4v) is 2.91. The minimum atomic E-state index is -1.18. The van der Waals surface area contributed by atoms with E-state index in [0.717, 1.165) is 11.1 Å². The normalized spacial score (nSPS) is 28.8. The third kappa shape index (κ3) is 4.67. The molecule has 0 spiro atoms. The van der Waals surface area contributed by atoms with Crippen LogP contribution in [0.25, 0.3) is 0 Å². The zero-order chi connectivity index (χ0) is 18.4. The van der Waals surface area contributed by atoms with Crippen molar-refractivity contribution >= 4 is 0 Å². The van der Waals surface area contributed by atoms with Crippen LogP contribution >= 0.6 is 0 Å². The van der Waals surface area contributed by atoms with Crippen molar-refractivity contribution in [3.63, 3.8) is 0 Å². The first-order valence-corrected chi connectivity index (χ1v) is 8.62. The largest absolute Gasteiger partial charge is 0.394 e. The fourth-order valence-electron chi connectivity index (χ4n) is 2.91. The van der Waals surface area contributed by atoms with E-state index in [1.165, 1.54) is 0 Å². The summed E-state index contributed by atoms with van der Waals surface area (Å²) in [4.78, 5) is 0. The lowest BCUT2D eigenvalue weighted by molar-refractivity contribution is -0.312. The number of rotatable bonds is 7. The predicted molar refractivity (Wildman–Crippen MR) is 94.0 cm³/mol. The summed E-state index contributed by atoms with van der Waals surface area (Å²) in [5.74, 6) is 0. The first-order chi connectivity index (χ1) is 12.7. The first kappa shape index (κ1) is 19.0. The number of hydrogen-bond donors (Lipinski definition) is 3. The SMILES string of the molecule is OC[C@H]1O[C@@H](OCc2ccccc2)[C@@H](O)[C@@H](OCc2ccccc2)[C@@H]1O. The Bertz CT molecular complexity index is 650. The van der Waals surface area contributed by atoms with Gasteiger partial charge in [-0.3, -0.25) is 0 Å². The minimum Gasteiger partial charge on any atom is -0.394 e. The molecule has 2 aromatic carbocycles. The van der Waals surface area contributed by atoms with Crippen LogP contribution in [0, 0.1) is 0 Å². The van der Waals surface area contributed by atoms with E-state index >= 15 is 0 Å². The van der Waals surface area contributed by atoms with Gasteiger partial charge in [0, 0.05) is 0 Å². The zero-order valence-electron chi connectivity index (χ0n) is 14.3. The molecule has 6 nitrogen and oxygen atoms in total. The highest BCUT2D eigenvalue weighted by Gasteiger charge is 2.45. The molecule has 26 heavy (non-hydrogen) atoms. The Labute approximate surface area is 152 Å². The summed E-state index contributed by atoms with van der Waals surface area (Å²) in [7, 11) is 0. The quantitative estimate of drug-likeness (QED) is 0.688. The molecule has 3 rings (SSSR count). The third-order valence-corrected chi connectivity index (χ3v) is 4.36. The average Bonchev–Trinajstić information content (AvgIpc) is 2.69. The molecule has 1 aliphatic rings. The van der Waals surface area contributed by atoms with Crippen LogP contribution in [0.15, 0.2) is 60.7 Å². The molecule has 3 N–H and O–H groups in total. The maximum atomic E-state index is 10.6. The Morgan fingerprint density at radius 1 is 0.769 bits per heavy atom. The fraction of sp³-hybridized carbons (Fsp3) is 0.400. The van der Waals surface area contributed by atoms with Gasteiger partial charge in [0.25, 0.3) is 0 Å². The van der Waals surface area contributed by atoms with Crippen molar-refractivity contribution in [2.45, 2.75) is 43.9 Å². The standard InChI is InChI=1S/C20H24O6/c21-11-16-17(22)19(24-12-14-7-3-1-4-8-14)18(23)20(26-16)25-13-15-9-5-2-6-10-15/h1-10,16-23H,11-13H2/t16-,17-,18+,19+,20-/m1/s1. The molecule has 0 radical (unpaired) electrons. The molecule has 5 atom stereocenters. The number of aliphatic hydroxyl groups is 3. The zero-order valence-corrected chi connectivity index (χ0v) is 14.3. The van der Waals surface area contributed by atoms with Gasteiger partial charge in [-0.1, -0.05) is 60.7 Å². The van der Waals surface area contributed by atoms with E-state index in [1.54, 1.807) is 0 Å². The van der Waals surface area contributed by atoms with Crippen LogP contribution in [0.3, 0.4) is 0 Å². The summed E-state index contributed by atoms with van der Waals surface area (Å²) < 4.78 is 16.9. The molecule has 6 heteroatoms. The smallest absolute Gasteiger partial charge is 0.187 e. The molecule has 0 bridgehead atoms. The molecule has 0 aliphatic carbocycles. The summed E-state index contributed by atoms with van der Waals surface area (Å²) >= 11 is 0. The van der Waals surface area contributed by atoms with Crippen LogP contribution in [0.2, 0.25) is 0 Å². The van der Waals surface area contributed by atoms with Crippen LogP contribution in [0.5, 0.6) is 0 Å². The minimum absolute atomic E-state index is 0.225. The third-order valence-electron chi connectivity index (χ3n) is 4.36. The van der Waals surface area contributed by atoms with Gasteiger partial charge in [-0.25, -0.2) is 0 Å². The molecule has 2 aromatic rings. The lowest BCUT2D eigenvalue weighted by Gasteiger charge is -2.41. The van der Waals surface area contributed by atoms with E-state index in [2.05, 4.69) is 0 Å². The summed E-state index contributed by atoms with van der Waals surface area (Å²) in [5.41, 5.74) is 1.84. The molecule has 0 unspecified atom stereocenters. The van der Waals surface area contributed by atoms with Crippen molar-refractivity contribution in [3.8, 4) is 0 Å². The predicted octanol–water partition coefficient (Wildman–Crippen LogP) is 1.23. The highest BCUT2D eigenvalue weighted by Crippen LogP contribution is 2.26. The van der Waals surface area contributed by atoms with Crippen LogP contribution in [0.4, 0.5) is 0 Å². The van der Waals surface area contributed by atoms with Crippen molar-refractivity contribution in [3.05, 3.63) is 71.8 Å². The molecule has 140 valence electrons. The van der Waals surface area contributed by atoms with Gasteiger partial charge in [0.1, 0.15) is 24.4 Å². The van der Waals surface area contributed by atoms with Crippen LogP contribution in [-0.4, -0.2) is 52.6 Å². The Balaban J connectivity index is 1.64. The van der Waals surface area contributed by atoms with Gasteiger partial charge in [-0.2, -0.15) is 0 Å². The van der Waals surface area contributed by atoms with E-state index in [9.17, 15) is 15.3 Å². The average molecular weight is 360 g/mol. The van der Waals surface area contributed by atoms with Crippen molar-refractivity contribution in [2.24, 2.45) is 0 Å². The van der Waals surface area contributed by atoms with E-state index in [4.69, 9.17) is 14.2 Å². The second kappa shape index (κ2) is 9.23. The van der Waals surface area contributed by atoms with E-state index in [-0.39, 0.29) is 13.2 Å². The second-order valence-corrected chi connectivity index (χ2v) is 6.26. The van der Waals surface area contributed by atoms with Gasteiger partial charge in [0.15, 0.2) is 6.29 Å². The number of aliphatic hydroxyl groups excluding tert-OH is 3. The summed E-state index contributed by atoms with van der Waals surface area (Å²) in [6, 6.07) is 18.9. The Hall–Kier alpha value is -1.80. The van der Waals surface area contributed by atoms with Crippen molar-refractivity contribution in [1.82, 2.24) is 0 Å². The van der Waals surface area contributed by atoms with E-state index in [1.807, 2.05) is 60.7 Å². The highest BCUT2D eigenvalue weighted by atomic mass is 16.7. The molecular formula is C20H24O6. The molecule has 1 fully saturated rings. The van der Waals surface area contributed by atoms with Crippen LogP contribution in [0.1, 0.15) is 11.1 Å². The summed E-state index contributed by atoms with van der Waals surface area (Å²) in [6.07, 6.45) is -5.16. The molecule has 1 aliphatic heterocycles. The van der Waals surface area contributed by atoms with Crippen LogP contribution < -0.4 is 0 Å². The van der Waals surface area contributed by atoms with Gasteiger partial charge >= 0.3 is 0 Å². The number of hydrogen-bond acceptors (Lipinski definition) is 6.